The van der Waals surface area contributed by atoms with E-state index in [1.165, 1.54) is 33.2 Å². The van der Waals surface area contributed by atoms with Gasteiger partial charge in [0, 0.05) is 27.8 Å². The normalized spacial score (nSPS) is 13.1. The predicted octanol–water partition coefficient (Wildman–Crippen LogP) is 12.2. The molecule has 0 unspecified atom stereocenters. The number of benzene rings is 8. The molecule has 0 amide bonds. The number of hydrogen-bond acceptors (Lipinski definition) is 4. The first-order valence-electron chi connectivity index (χ1n) is 18.3. The monoisotopic (exact) mass is 689 g/mol. The van der Waals surface area contributed by atoms with E-state index in [1.54, 1.807) is 0 Å². The van der Waals surface area contributed by atoms with Crippen LogP contribution >= 0.6 is 0 Å². The van der Waals surface area contributed by atoms with Gasteiger partial charge in [-0.1, -0.05) is 164 Å². The van der Waals surface area contributed by atoms with Gasteiger partial charge in [-0.05, 0) is 68.4 Å². The molecule has 1 aromatic heterocycles. The minimum atomic E-state index is -0.586. The smallest absolute Gasteiger partial charge is 0.164 e. The van der Waals surface area contributed by atoms with Crippen molar-refractivity contribution in [2.45, 2.75) is 5.41 Å². The molecule has 2 aliphatic rings. The van der Waals surface area contributed by atoms with Crippen LogP contribution in [-0.4, -0.2) is 15.0 Å². The van der Waals surface area contributed by atoms with Gasteiger partial charge in [-0.3, -0.25) is 0 Å². The highest BCUT2D eigenvalue weighted by Gasteiger charge is 2.51. The van der Waals surface area contributed by atoms with Gasteiger partial charge in [0.15, 0.2) is 17.5 Å². The van der Waals surface area contributed by atoms with Crippen molar-refractivity contribution in [3.63, 3.8) is 0 Å². The van der Waals surface area contributed by atoms with Gasteiger partial charge in [0.2, 0.25) is 0 Å². The third kappa shape index (κ3) is 4.60. The van der Waals surface area contributed by atoms with Crippen LogP contribution in [0.4, 0.5) is 0 Å². The summed E-state index contributed by atoms with van der Waals surface area (Å²) in [6.45, 7) is 0. The zero-order valence-corrected chi connectivity index (χ0v) is 29.1. The Morgan fingerprint density at radius 2 is 0.796 bits per heavy atom. The van der Waals surface area contributed by atoms with Gasteiger partial charge in [-0.25, -0.2) is 15.0 Å². The van der Waals surface area contributed by atoms with Crippen molar-refractivity contribution in [3.05, 3.63) is 210 Å². The largest absolute Gasteiger partial charge is 0.457 e. The number of nitrogens with zero attached hydrogens (tertiary/aromatic N) is 3. The average Bonchev–Trinajstić information content (AvgIpc) is 3.53. The quantitative estimate of drug-likeness (QED) is 0.185. The third-order valence-corrected chi connectivity index (χ3v) is 11.0. The van der Waals surface area contributed by atoms with Crippen LogP contribution in [0, 0.1) is 0 Å². The Bertz CT molecular complexity index is 2870. The van der Waals surface area contributed by atoms with Gasteiger partial charge < -0.3 is 4.74 Å². The van der Waals surface area contributed by atoms with E-state index in [9.17, 15) is 0 Å². The average molecular weight is 690 g/mol. The second kappa shape index (κ2) is 11.9. The third-order valence-electron chi connectivity index (χ3n) is 11.0. The maximum absolute atomic E-state index is 6.57. The molecule has 0 saturated carbocycles. The molecule has 4 nitrogen and oxygen atoms in total. The van der Waals surface area contributed by atoms with Crippen LogP contribution in [0.15, 0.2) is 188 Å². The summed E-state index contributed by atoms with van der Waals surface area (Å²) in [5.74, 6) is 3.61. The molecule has 0 radical (unpaired) electrons. The molecule has 0 N–H and O–H groups in total. The highest BCUT2D eigenvalue weighted by atomic mass is 16.5. The van der Waals surface area contributed by atoms with E-state index >= 15 is 0 Å². The van der Waals surface area contributed by atoms with Crippen molar-refractivity contribution < 1.29 is 4.74 Å². The SMILES string of the molecule is c1ccc(-c2ccc(-c3nc(-c4ccc5c(c4)C4(c6ccccc6Oc6ccccc64)c4ccccc4-5)nc(-c4ccc5ccccc5c4)n3)cc2)cc1. The van der Waals surface area contributed by atoms with Crippen LogP contribution in [0.2, 0.25) is 0 Å². The molecule has 1 aliphatic carbocycles. The molecule has 9 aromatic rings. The fourth-order valence-electron chi connectivity index (χ4n) is 8.53. The number of ether oxygens (including phenoxy) is 1. The standard InChI is InChI=1S/C50H31N3O/c1-2-12-32(13-3-1)34-22-25-35(26-23-34)47-51-48(37-27-24-33-14-4-5-15-36(33)30-37)53-49(52-47)38-28-29-40-39-16-6-7-17-41(39)50(44(40)31-38)42-18-8-10-20-45(42)54-46-21-11-9-19-43(46)50/h1-31H. The van der Waals surface area contributed by atoms with Gasteiger partial charge in [-0.15, -0.1) is 0 Å². The molecule has 11 rings (SSSR count). The van der Waals surface area contributed by atoms with E-state index in [-0.39, 0.29) is 0 Å². The Balaban J connectivity index is 1.13. The molecule has 0 atom stereocenters. The Labute approximate surface area is 313 Å². The second-order valence-corrected chi connectivity index (χ2v) is 14.0. The molecule has 8 aromatic carbocycles. The molecule has 4 heteroatoms. The summed E-state index contributed by atoms with van der Waals surface area (Å²) in [5.41, 5.74) is 11.6. The number of rotatable bonds is 4. The van der Waals surface area contributed by atoms with E-state index in [0.29, 0.717) is 17.5 Å². The summed E-state index contributed by atoms with van der Waals surface area (Å²) < 4.78 is 6.57. The Hall–Kier alpha value is -7.17. The fraction of sp³-hybridized carbons (Fsp3) is 0.0200. The number of para-hydroxylation sites is 2. The lowest BCUT2D eigenvalue weighted by Gasteiger charge is -2.39. The molecule has 54 heavy (non-hydrogen) atoms. The van der Waals surface area contributed by atoms with Crippen LogP contribution in [-0.2, 0) is 5.41 Å². The van der Waals surface area contributed by atoms with Crippen molar-refractivity contribution in [2.24, 2.45) is 0 Å². The van der Waals surface area contributed by atoms with E-state index in [1.807, 2.05) is 18.2 Å². The summed E-state index contributed by atoms with van der Waals surface area (Å²) in [6, 6.07) is 66.1. The Kier molecular flexibility index (Phi) is 6.73. The molecule has 252 valence electrons. The lowest BCUT2D eigenvalue weighted by Crippen LogP contribution is -2.32. The number of aromatic nitrogens is 3. The first-order valence-corrected chi connectivity index (χ1v) is 18.3. The minimum Gasteiger partial charge on any atom is -0.457 e. The highest BCUT2D eigenvalue weighted by molar-refractivity contribution is 5.90. The van der Waals surface area contributed by atoms with Crippen LogP contribution in [0.25, 0.3) is 67.2 Å². The van der Waals surface area contributed by atoms with Crippen molar-refractivity contribution in [3.8, 4) is 67.9 Å². The van der Waals surface area contributed by atoms with Crippen LogP contribution in [0.5, 0.6) is 11.5 Å². The lowest BCUT2D eigenvalue weighted by atomic mass is 9.66. The molecule has 0 saturated heterocycles. The second-order valence-electron chi connectivity index (χ2n) is 14.0. The maximum atomic E-state index is 6.57. The summed E-state index contributed by atoms with van der Waals surface area (Å²) in [5, 5.41) is 2.31. The van der Waals surface area contributed by atoms with Gasteiger partial charge in [0.25, 0.3) is 0 Å². The van der Waals surface area contributed by atoms with Gasteiger partial charge >= 0.3 is 0 Å². The van der Waals surface area contributed by atoms with Crippen molar-refractivity contribution >= 4 is 10.8 Å². The lowest BCUT2D eigenvalue weighted by molar-refractivity contribution is 0.436. The van der Waals surface area contributed by atoms with Crippen molar-refractivity contribution in [1.29, 1.82) is 0 Å². The summed E-state index contributed by atoms with van der Waals surface area (Å²) in [6.07, 6.45) is 0. The molecular weight excluding hydrogens is 659 g/mol. The molecule has 0 bridgehead atoms. The van der Waals surface area contributed by atoms with E-state index in [0.717, 1.165) is 50.3 Å². The molecule has 1 spiro atoms. The van der Waals surface area contributed by atoms with Crippen LogP contribution < -0.4 is 4.74 Å². The zero-order valence-electron chi connectivity index (χ0n) is 29.1. The maximum Gasteiger partial charge on any atom is 0.164 e. The Morgan fingerprint density at radius 1 is 0.315 bits per heavy atom. The number of fused-ring (bicyclic) bond motifs is 10. The Morgan fingerprint density at radius 3 is 1.52 bits per heavy atom. The molecule has 0 fully saturated rings. The fourth-order valence-corrected chi connectivity index (χ4v) is 8.53. The van der Waals surface area contributed by atoms with Crippen LogP contribution in [0.3, 0.4) is 0 Å². The molecular formula is C50H31N3O. The predicted molar refractivity (Wildman–Crippen MR) is 216 cm³/mol. The van der Waals surface area contributed by atoms with Crippen molar-refractivity contribution in [2.75, 3.05) is 0 Å². The first kappa shape index (κ1) is 30.5. The summed E-state index contributed by atoms with van der Waals surface area (Å²) >= 11 is 0. The first-order chi connectivity index (χ1) is 26.7. The minimum absolute atomic E-state index is 0.586. The molecule has 2 heterocycles. The topological polar surface area (TPSA) is 47.9 Å². The van der Waals surface area contributed by atoms with Gasteiger partial charge in [-0.2, -0.15) is 0 Å². The van der Waals surface area contributed by atoms with E-state index in [4.69, 9.17) is 19.7 Å². The summed E-state index contributed by atoms with van der Waals surface area (Å²) in [4.78, 5) is 15.6. The highest BCUT2D eigenvalue weighted by Crippen LogP contribution is 2.62. The van der Waals surface area contributed by atoms with Crippen molar-refractivity contribution in [1.82, 2.24) is 15.0 Å². The number of hydrogen-bond donors (Lipinski definition) is 0. The van der Waals surface area contributed by atoms with Crippen LogP contribution in [0.1, 0.15) is 22.3 Å². The van der Waals surface area contributed by atoms with Gasteiger partial charge in [0.05, 0.1) is 5.41 Å². The van der Waals surface area contributed by atoms with E-state index < -0.39 is 5.41 Å². The van der Waals surface area contributed by atoms with E-state index in [2.05, 4.69) is 170 Å². The van der Waals surface area contributed by atoms with Gasteiger partial charge in [0.1, 0.15) is 11.5 Å². The zero-order chi connectivity index (χ0) is 35.6. The summed E-state index contributed by atoms with van der Waals surface area (Å²) in [7, 11) is 0. The molecule has 1 aliphatic heterocycles.